The lowest BCUT2D eigenvalue weighted by Crippen LogP contribution is -2.15. The highest BCUT2D eigenvalue weighted by atomic mass is 16.3. The second-order valence-electron chi connectivity index (χ2n) is 16.5. The van der Waals surface area contributed by atoms with Crippen molar-refractivity contribution in [1.29, 1.82) is 0 Å². The van der Waals surface area contributed by atoms with E-state index in [0.29, 0.717) is 0 Å². The molecule has 0 amide bonds. The summed E-state index contributed by atoms with van der Waals surface area (Å²) in [5.74, 6) is 0. The Morgan fingerprint density at radius 1 is 0.433 bits per heavy atom. The SMILES string of the molecule is CC1(C)c2ccccc2-c2ccc(-n3c4cc(N(c5ccccc5)c5cccc6c5oc5ccccc56)ccc4c4cc(-c5ccccc5)cc(-c5ccccc5)c43)cc21. The van der Waals surface area contributed by atoms with Crippen molar-refractivity contribution in [3.8, 4) is 39.1 Å². The monoisotopic (exact) mass is 768 g/mol. The molecule has 9 aromatic carbocycles. The Kier molecular flexibility index (Phi) is 7.58. The Bertz CT molecular complexity index is 3450. The maximum Gasteiger partial charge on any atom is 0.159 e. The number of para-hydroxylation sites is 3. The standard InChI is InChI=1S/C57H40N2O/c1-57(2)50-26-14-12-23-43(50)44-31-29-41(35-51(44)57)59-53-36-42(58(40-21-10-5-11-22-40)52-27-16-25-47-46-24-13-15-28-54(46)60-56(47)52)30-32-45(53)49-34-39(37-17-6-3-7-18-37)33-48(55(49)59)38-19-8-4-9-20-38/h3-36H,1-2H3. The highest BCUT2D eigenvalue weighted by Gasteiger charge is 2.35. The van der Waals surface area contributed by atoms with Crippen LogP contribution in [-0.2, 0) is 5.41 Å². The largest absolute Gasteiger partial charge is 0.454 e. The summed E-state index contributed by atoms with van der Waals surface area (Å²) in [5.41, 5.74) is 18.3. The molecule has 0 fully saturated rings. The topological polar surface area (TPSA) is 21.3 Å². The first-order valence-corrected chi connectivity index (χ1v) is 20.8. The number of benzene rings is 9. The summed E-state index contributed by atoms with van der Waals surface area (Å²) < 4.78 is 9.22. The molecule has 2 heterocycles. The van der Waals surface area contributed by atoms with Crippen LogP contribution in [0.15, 0.2) is 211 Å². The number of furan rings is 1. The smallest absolute Gasteiger partial charge is 0.159 e. The number of anilines is 3. The fourth-order valence-corrected chi connectivity index (χ4v) is 9.92. The molecular formula is C57H40N2O. The van der Waals surface area contributed by atoms with E-state index in [2.05, 4.69) is 224 Å². The van der Waals surface area contributed by atoms with E-state index < -0.39 is 0 Å². The Morgan fingerprint density at radius 2 is 1.12 bits per heavy atom. The van der Waals surface area contributed by atoms with Crippen LogP contribution in [0, 0.1) is 0 Å². The molecule has 0 bridgehead atoms. The Labute approximate surface area is 349 Å². The third-order valence-corrected chi connectivity index (χ3v) is 12.8. The van der Waals surface area contributed by atoms with Gasteiger partial charge >= 0.3 is 0 Å². The summed E-state index contributed by atoms with van der Waals surface area (Å²) in [5, 5.41) is 4.62. The van der Waals surface area contributed by atoms with E-state index in [4.69, 9.17) is 4.42 Å². The van der Waals surface area contributed by atoms with Crippen molar-refractivity contribution in [2.24, 2.45) is 0 Å². The predicted molar refractivity (Wildman–Crippen MR) is 251 cm³/mol. The van der Waals surface area contributed by atoms with E-state index >= 15 is 0 Å². The van der Waals surface area contributed by atoms with Gasteiger partial charge in [-0.3, -0.25) is 0 Å². The predicted octanol–water partition coefficient (Wildman–Crippen LogP) is 15.8. The molecule has 0 aliphatic heterocycles. The first kappa shape index (κ1) is 34.4. The molecule has 3 nitrogen and oxygen atoms in total. The quantitative estimate of drug-likeness (QED) is 0.168. The van der Waals surface area contributed by atoms with E-state index in [1.807, 2.05) is 6.07 Å². The third-order valence-electron chi connectivity index (χ3n) is 12.8. The molecule has 0 radical (unpaired) electrons. The molecule has 1 aliphatic rings. The van der Waals surface area contributed by atoms with Crippen molar-refractivity contribution < 1.29 is 4.42 Å². The van der Waals surface area contributed by atoms with Gasteiger partial charge in [-0.1, -0.05) is 159 Å². The molecule has 12 rings (SSSR count). The van der Waals surface area contributed by atoms with Crippen molar-refractivity contribution >= 4 is 60.8 Å². The number of fused-ring (bicyclic) bond motifs is 9. The van der Waals surface area contributed by atoms with Gasteiger partial charge in [0.25, 0.3) is 0 Å². The van der Waals surface area contributed by atoms with E-state index in [-0.39, 0.29) is 5.41 Å². The number of rotatable bonds is 6. The maximum atomic E-state index is 6.70. The van der Waals surface area contributed by atoms with Gasteiger partial charge in [-0.05, 0) is 99.6 Å². The van der Waals surface area contributed by atoms with Crippen LogP contribution in [0.25, 0.3) is 82.8 Å². The molecule has 0 N–H and O–H groups in total. The zero-order chi connectivity index (χ0) is 40.0. The zero-order valence-corrected chi connectivity index (χ0v) is 33.4. The lowest BCUT2D eigenvalue weighted by atomic mass is 9.82. The van der Waals surface area contributed by atoms with Crippen molar-refractivity contribution in [3.05, 3.63) is 217 Å². The molecule has 11 aromatic rings. The summed E-state index contributed by atoms with van der Waals surface area (Å²) in [6, 6.07) is 74.9. The Hall–Kier alpha value is -7.62. The molecule has 0 spiro atoms. The van der Waals surface area contributed by atoms with Gasteiger partial charge in [-0.25, -0.2) is 0 Å². The molecular weight excluding hydrogens is 729 g/mol. The Balaban J connectivity index is 1.18. The summed E-state index contributed by atoms with van der Waals surface area (Å²) >= 11 is 0. The highest BCUT2D eigenvalue weighted by molar-refractivity contribution is 6.17. The second kappa shape index (κ2) is 13.2. The molecule has 1 aliphatic carbocycles. The van der Waals surface area contributed by atoms with Crippen LogP contribution in [0.4, 0.5) is 17.1 Å². The number of aromatic nitrogens is 1. The molecule has 3 heteroatoms. The minimum absolute atomic E-state index is 0.149. The molecule has 0 saturated carbocycles. The fourth-order valence-electron chi connectivity index (χ4n) is 9.92. The van der Waals surface area contributed by atoms with Gasteiger partial charge in [0.05, 0.1) is 16.7 Å². The van der Waals surface area contributed by atoms with Crippen molar-refractivity contribution in [3.63, 3.8) is 0 Å². The van der Waals surface area contributed by atoms with Crippen molar-refractivity contribution in [1.82, 2.24) is 4.57 Å². The van der Waals surface area contributed by atoms with Crippen LogP contribution in [0.5, 0.6) is 0 Å². The molecule has 284 valence electrons. The van der Waals surface area contributed by atoms with Crippen LogP contribution in [0.3, 0.4) is 0 Å². The maximum absolute atomic E-state index is 6.70. The molecule has 2 aromatic heterocycles. The van der Waals surface area contributed by atoms with Gasteiger partial charge in [0.2, 0.25) is 0 Å². The molecule has 0 unspecified atom stereocenters. The molecule has 0 atom stereocenters. The average molecular weight is 769 g/mol. The lowest BCUT2D eigenvalue weighted by Gasteiger charge is -2.26. The van der Waals surface area contributed by atoms with Crippen molar-refractivity contribution in [2.45, 2.75) is 19.3 Å². The van der Waals surface area contributed by atoms with E-state index in [1.54, 1.807) is 0 Å². The van der Waals surface area contributed by atoms with Crippen LogP contribution in [0.2, 0.25) is 0 Å². The summed E-state index contributed by atoms with van der Waals surface area (Å²) in [4.78, 5) is 2.35. The number of hydrogen-bond acceptors (Lipinski definition) is 2. The lowest BCUT2D eigenvalue weighted by molar-refractivity contribution is 0.660. The summed E-state index contributed by atoms with van der Waals surface area (Å²) in [6.07, 6.45) is 0. The average Bonchev–Trinajstić information content (AvgIpc) is 3.93. The first-order chi connectivity index (χ1) is 29.5. The second-order valence-corrected chi connectivity index (χ2v) is 16.5. The van der Waals surface area contributed by atoms with Gasteiger partial charge in [0, 0.05) is 49.6 Å². The van der Waals surface area contributed by atoms with E-state index in [1.165, 1.54) is 60.8 Å². The number of hydrogen-bond donors (Lipinski definition) is 0. The minimum atomic E-state index is -0.149. The van der Waals surface area contributed by atoms with Gasteiger partial charge in [-0.2, -0.15) is 0 Å². The summed E-state index contributed by atoms with van der Waals surface area (Å²) in [6.45, 7) is 4.73. The van der Waals surface area contributed by atoms with Crippen LogP contribution >= 0.6 is 0 Å². The van der Waals surface area contributed by atoms with Crippen molar-refractivity contribution in [2.75, 3.05) is 4.90 Å². The zero-order valence-electron chi connectivity index (χ0n) is 33.4. The third kappa shape index (κ3) is 5.15. The normalized spacial score (nSPS) is 13.0. The van der Waals surface area contributed by atoms with E-state index in [9.17, 15) is 0 Å². The van der Waals surface area contributed by atoms with E-state index in [0.717, 1.165) is 50.2 Å². The molecule has 60 heavy (non-hydrogen) atoms. The first-order valence-electron chi connectivity index (χ1n) is 20.8. The minimum Gasteiger partial charge on any atom is -0.454 e. The van der Waals surface area contributed by atoms with Gasteiger partial charge in [0.15, 0.2) is 5.58 Å². The summed E-state index contributed by atoms with van der Waals surface area (Å²) in [7, 11) is 0. The number of nitrogens with zero attached hydrogens (tertiary/aromatic N) is 2. The van der Waals surface area contributed by atoms with Crippen LogP contribution in [-0.4, -0.2) is 4.57 Å². The van der Waals surface area contributed by atoms with Crippen LogP contribution in [0.1, 0.15) is 25.0 Å². The van der Waals surface area contributed by atoms with Gasteiger partial charge in [-0.15, -0.1) is 0 Å². The van der Waals surface area contributed by atoms with Gasteiger partial charge < -0.3 is 13.9 Å². The molecule has 0 saturated heterocycles. The Morgan fingerprint density at radius 3 is 1.93 bits per heavy atom. The van der Waals surface area contributed by atoms with Gasteiger partial charge in [0.1, 0.15) is 5.58 Å². The van der Waals surface area contributed by atoms with Crippen LogP contribution < -0.4 is 4.90 Å². The fraction of sp³-hybridized carbons (Fsp3) is 0.0526. The highest BCUT2D eigenvalue weighted by Crippen LogP contribution is 2.51.